The smallest absolute Gasteiger partial charge is 0.744 e. The average Bonchev–Trinajstić information content (AvgIpc) is 3.08. The summed E-state index contributed by atoms with van der Waals surface area (Å²) in [5.41, 5.74) is 2.07. The molecule has 4 rings (SSSR count). The van der Waals surface area contributed by atoms with Gasteiger partial charge in [0.15, 0.2) is 0 Å². The first kappa shape index (κ1) is 40.8. The Morgan fingerprint density at radius 3 is 2.24 bits per heavy atom. The Bertz CT molecular complexity index is 1760. The van der Waals surface area contributed by atoms with Gasteiger partial charge in [-0.15, -0.1) is 0 Å². The van der Waals surface area contributed by atoms with Crippen molar-refractivity contribution >= 4 is 27.8 Å². The van der Waals surface area contributed by atoms with Gasteiger partial charge in [0.25, 0.3) is 0 Å². The molecule has 2 N–H and O–H groups in total. The van der Waals surface area contributed by atoms with Crippen LogP contribution in [0.15, 0.2) is 99.6 Å². The number of ether oxygens (including phenoxy) is 2. The summed E-state index contributed by atoms with van der Waals surface area (Å²) in [6.07, 6.45) is 6.15. The molecule has 0 fully saturated rings. The van der Waals surface area contributed by atoms with Gasteiger partial charge < -0.3 is 24.2 Å². The van der Waals surface area contributed by atoms with Gasteiger partial charge in [0.1, 0.15) is 22.0 Å². The predicted molar refractivity (Wildman–Crippen MR) is 187 cm³/mol. The van der Waals surface area contributed by atoms with Crippen molar-refractivity contribution in [2.75, 3.05) is 13.2 Å². The van der Waals surface area contributed by atoms with Crippen molar-refractivity contribution in [3.8, 4) is 16.9 Å². The SMILES string of the molecule is CCCCCCCOCc1ccc(C(=O)O)c(C(O)c2ccccc2-c2ccc(Sc3ccc(OCCCC)cc3)c(S(=O)(=O)[O-])c2)c1.[Na+]. The van der Waals surface area contributed by atoms with Crippen LogP contribution in [0.3, 0.4) is 0 Å². The number of aliphatic hydroxyl groups is 1. The summed E-state index contributed by atoms with van der Waals surface area (Å²) in [6.45, 7) is 5.71. The molecular formula is C38H43NaO8S2. The van der Waals surface area contributed by atoms with E-state index < -0.39 is 27.1 Å². The number of unbranched alkanes of at least 4 members (excludes halogenated alkanes) is 5. The van der Waals surface area contributed by atoms with E-state index in [1.807, 2.05) is 0 Å². The van der Waals surface area contributed by atoms with E-state index in [9.17, 15) is 28.0 Å². The molecule has 4 aromatic carbocycles. The first-order valence-corrected chi connectivity index (χ1v) is 18.6. The number of rotatable bonds is 19. The second-order valence-corrected chi connectivity index (χ2v) is 14.0. The molecule has 4 aromatic rings. The Labute approximate surface area is 316 Å². The normalized spacial score (nSPS) is 11.9. The molecule has 1 unspecified atom stereocenters. The van der Waals surface area contributed by atoms with Gasteiger partial charge in [-0.1, -0.05) is 94.1 Å². The number of aliphatic hydroxyl groups excluding tert-OH is 1. The van der Waals surface area contributed by atoms with E-state index in [2.05, 4.69) is 13.8 Å². The number of aromatic carboxylic acids is 1. The van der Waals surface area contributed by atoms with Crippen molar-refractivity contribution in [2.45, 2.75) is 86.2 Å². The van der Waals surface area contributed by atoms with Crippen LogP contribution >= 0.6 is 11.8 Å². The van der Waals surface area contributed by atoms with Gasteiger partial charge >= 0.3 is 35.5 Å². The van der Waals surface area contributed by atoms with Crippen LogP contribution in [-0.4, -0.2) is 42.4 Å². The molecule has 49 heavy (non-hydrogen) atoms. The maximum absolute atomic E-state index is 12.5. The molecule has 11 heteroatoms. The third-order valence-corrected chi connectivity index (χ3v) is 9.99. The summed E-state index contributed by atoms with van der Waals surface area (Å²) in [5, 5.41) is 21.6. The molecule has 0 aliphatic rings. The topological polar surface area (TPSA) is 133 Å². The van der Waals surface area contributed by atoms with E-state index >= 15 is 0 Å². The third-order valence-electron chi connectivity index (χ3n) is 7.90. The summed E-state index contributed by atoms with van der Waals surface area (Å²) in [5.74, 6) is -0.483. The number of carbonyl (C=O) groups is 1. The zero-order chi connectivity index (χ0) is 34.5. The van der Waals surface area contributed by atoms with Crippen LogP contribution in [0, 0.1) is 0 Å². The largest absolute Gasteiger partial charge is 1.00 e. The van der Waals surface area contributed by atoms with Crippen molar-refractivity contribution in [2.24, 2.45) is 0 Å². The Balaban J connectivity index is 0.00000650. The van der Waals surface area contributed by atoms with Crippen LogP contribution in [-0.2, 0) is 21.5 Å². The molecule has 0 radical (unpaired) electrons. The first-order valence-electron chi connectivity index (χ1n) is 16.3. The number of benzene rings is 4. The van der Waals surface area contributed by atoms with Crippen molar-refractivity contribution in [1.82, 2.24) is 0 Å². The van der Waals surface area contributed by atoms with Crippen LogP contribution in [0.25, 0.3) is 11.1 Å². The fourth-order valence-electron chi connectivity index (χ4n) is 5.31. The van der Waals surface area contributed by atoms with E-state index in [0.717, 1.165) is 54.3 Å². The maximum atomic E-state index is 12.5. The number of hydrogen-bond donors (Lipinski definition) is 2. The van der Waals surface area contributed by atoms with Gasteiger partial charge in [-0.2, -0.15) is 0 Å². The van der Waals surface area contributed by atoms with Gasteiger partial charge in [-0.3, -0.25) is 0 Å². The molecule has 0 amide bonds. The minimum absolute atomic E-state index is 0. The first-order chi connectivity index (χ1) is 23.1. The van der Waals surface area contributed by atoms with Crippen LogP contribution in [0.5, 0.6) is 5.75 Å². The summed E-state index contributed by atoms with van der Waals surface area (Å²) in [4.78, 5) is 12.8. The summed E-state index contributed by atoms with van der Waals surface area (Å²) in [6, 6.07) is 23.3. The van der Waals surface area contributed by atoms with E-state index in [4.69, 9.17) is 9.47 Å². The Kier molecular flexibility index (Phi) is 16.8. The van der Waals surface area contributed by atoms with Gasteiger partial charge in [0, 0.05) is 16.4 Å². The molecule has 0 saturated carbocycles. The Morgan fingerprint density at radius 2 is 1.55 bits per heavy atom. The number of carboxylic acids is 1. The van der Waals surface area contributed by atoms with Gasteiger partial charge in [0.2, 0.25) is 0 Å². The second kappa shape index (κ2) is 20.2. The summed E-state index contributed by atoms with van der Waals surface area (Å²) in [7, 11) is -4.88. The van der Waals surface area contributed by atoms with E-state index in [-0.39, 0.29) is 52.2 Å². The van der Waals surface area contributed by atoms with Crippen LogP contribution in [0.4, 0.5) is 0 Å². The van der Waals surface area contributed by atoms with Crippen LogP contribution in [0.1, 0.15) is 91.9 Å². The number of carboxylic acid groups (broad SMARTS) is 1. The van der Waals surface area contributed by atoms with Gasteiger partial charge in [0.05, 0.1) is 23.7 Å². The zero-order valence-corrected chi connectivity index (χ0v) is 32.0. The quantitative estimate of drug-likeness (QED) is 0.0697. The van der Waals surface area contributed by atoms with E-state index in [1.54, 1.807) is 72.8 Å². The van der Waals surface area contributed by atoms with Crippen molar-refractivity contribution in [3.63, 3.8) is 0 Å². The number of hydrogen-bond acceptors (Lipinski definition) is 8. The molecule has 0 spiro atoms. The van der Waals surface area contributed by atoms with E-state index in [1.165, 1.54) is 25.0 Å². The van der Waals surface area contributed by atoms with Gasteiger partial charge in [-0.05, 0) is 89.2 Å². The molecule has 0 saturated heterocycles. The Morgan fingerprint density at radius 1 is 0.837 bits per heavy atom. The third kappa shape index (κ3) is 12.0. The Hall–Kier alpha value is -2.67. The fourth-order valence-corrected chi connectivity index (χ4v) is 7.15. The minimum Gasteiger partial charge on any atom is -0.744 e. The molecule has 0 aliphatic heterocycles. The van der Waals surface area contributed by atoms with Crippen molar-refractivity contribution in [1.29, 1.82) is 0 Å². The summed E-state index contributed by atoms with van der Waals surface area (Å²) < 4.78 is 49.0. The van der Waals surface area contributed by atoms with Gasteiger partial charge in [-0.25, -0.2) is 13.2 Å². The second-order valence-electron chi connectivity index (χ2n) is 11.6. The molecule has 1 atom stereocenters. The van der Waals surface area contributed by atoms with E-state index in [0.29, 0.717) is 35.7 Å². The molecule has 256 valence electrons. The minimum atomic E-state index is -4.88. The monoisotopic (exact) mass is 714 g/mol. The molecule has 0 aliphatic carbocycles. The fraction of sp³-hybridized carbons (Fsp3) is 0.342. The average molecular weight is 715 g/mol. The van der Waals surface area contributed by atoms with Crippen LogP contribution in [0.2, 0.25) is 0 Å². The van der Waals surface area contributed by atoms with Crippen molar-refractivity contribution in [3.05, 3.63) is 107 Å². The predicted octanol–water partition coefficient (Wildman–Crippen LogP) is 5.86. The molecule has 8 nitrogen and oxygen atoms in total. The molecule has 0 aromatic heterocycles. The summed E-state index contributed by atoms with van der Waals surface area (Å²) >= 11 is 1.15. The standard InChI is InChI=1S/C38H44O8S2.Na/c1-3-5-7-8-11-22-45-26-27-14-20-33(38(40)41)34(24-27)37(39)32-13-10-9-12-31(32)28-15-21-35(36(25-28)48(42,43)44)47-30-18-16-29(17-19-30)46-23-6-4-2;/h9-10,12-21,24-25,37,39H,3-8,11,22-23,26H2,1-2H3,(H,40,41)(H,42,43,44);/q;+1/p-1. The molecular weight excluding hydrogens is 672 g/mol. The molecule has 0 bridgehead atoms. The van der Waals surface area contributed by atoms with Crippen LogP contribution < -0.4 is 34.3 Å². The maximum Gasteiger partial charge on any atom is 1.00 e. The zero-order valence-electron chi connectivity index (χ0n) is 28.4. The molecule has 0 heterocycles. The van der Waals surface area contributed by atoms with Crippen molar-refractivity contribution < 1.29 is 67.0 Å².